The minimum Gasteiger partial charge on any atom is -0.216 e. The molecule has 1 aromatic carbocycles. The number of sulfonamides is 1. The molecule has 2 aromatic heterocycles. The summed E-state index contributed by atoms with van der Waals surface area (Å²) in [6.07, 6.45) is 1.80. The molecular formula is C20H23N5O2S. The Balaban J connectivity index is 1.69. The van der Waals surface area contributed by atoms with Crippen LogP contribution in [0, 0.1) is 20.8 Å². The van der Waals surface area contributed by atoms with Crippen LogP contribution in [0.15, 0.2) is 41.3 Å². The van der Waals surface area contributed by atoms with Gasteiger partial charge in [-0.2, -0.15) is 9.40 Å². The van der Waals surface area contributed by atoms with E-state index in [1.54, 1.807) is 22.8 Å². The summed E-state index contributed by atoms with van der Waals surface area (Å²) < 4.78 is 29.1. The molecule has 0 spiro atoms. The number of hydrogen-bond acceptors (Lipinski definition) is 5. The van der Waals surface area contributed by atoms with E-state index in [1.165, 1.54) is 5.56 Å². The predicted octanol–water partition coefficient (Wildman–Crippen LogP) is 3.04. The van der Waals surface area contributed by atoms with E-state index in [0.29, 0.717) is 30.3 Å². The maximum atomic E-state index is 13.0. The Morgan fingerprint density at radius 1 is 0.893 bits per heavy atom. The highest BCUT2D eigenvalue weighted by Gasteiger charge is 2.33. The minimum absolute atomic E-state index is 0.277. The molecule has 3 heterocycles. The van der Waals surface area contributed by atoms with E-state index < -0.39 is 10.0 Å². The van der Waals surface area contributed by atoms with Gasteiger partial charge in [0.2, 0.25) is 10.0 Å². The van der Waals surface area contributed by atoms with Gasteiger partial charge in [0.05, 0.1) is 17.1 Å². The Morgan fingerprint density at radius 3 is 2.18 bits per heavy atom. The van der Waals surface area contributed by atoms with Crippen molar-refractivity contribution in [1.29, 1.82) is 0 Å². The molecule has 1 saturated heterocycles. The first-order chi connectivity index (χ1) is 13.4. The standard InChI is InChI=1S/C20H23N5O2S/c1-14-6-8-17(9-7-14)18-10-11-19(22-21-18)25-16(3)20(15(2)23-25)28(26,27)24-12-4-5-13-24/h6-11H,4-5,12-13H2,1-3H3. The molecule has 1 aliphatic rings. The highest BCUT2D eigenvalue weighted by molar-refractivity contribution is 7.89. The van der Waals surface area contributed by atoms with Crippen molar-refractivity contribution in [3.63, 3.8) is 0 Å². The summed E-state index contributed by atoms with van der Waals surface area (Å²) in [5.41, 5.74) is 3.96. The van der Waals surface area contributed by atoms with Gasteiger partial charge in [0.1, 0.15) is 4.90 Å². The van der Waals surface area contributed by atoms with Gasteiger partial charge in [0, 0.05) is 18.7 Å². The molecule has 1 fully saturated rings. The van der Waals surface area contributed by atoms with Crippen LogP contribution < -0.4 is 0 Å². The molecule has 0 saturated carbocycles. The fraction of sp³-hybridized carbons (Fsp3) is 0.350. The molecule has 1 aliphatic heterocycles. The van der Waals surface area contributed by atoms with Gasteiger partial charge in [-0.05, 0) is 45.7 Å². The van der Waals surface area contributed by atoms with Gasteiger partial charge in [-0.1, -0.05) is 29.8 Å². The molecular weight excluding hydrogens is 374 g/mol. The molecule has 0 atom stereocenters. The van der Waals surface area contributed by atoms with E-state index in [1.807, 2.05) is 43.3 Å². The first-order valence-electron chi connectivity index (χ1n) is 9.35. The molecule has 28 heavy (non-hydrogen) atoms. The Morgan fingerprint density at radius 2 is 1.57 bits per heavy atom. The molecule has 7 nitrogen and oxygen atoms in total. The van der Waals surface area contributed by atoms with Crippen molar-refractivity contribution in [3.8, 4) is 17.1 Å². The predicted molar refractivity (Wildman–Crippen MR) is 107 cm³/mol. The zero-order valence-electron chi connectivity index (χ0n) is 16.3. The zero-order chi connectivity index (χ0) is 19.9. The Hall–Kier alpha value is -2.58. The number of aryl methyl sites for hydroxylation is 2. The number of aromatic nitrogens is 4. The first-order valence-corrected chi connectivity index (χ1v) is 10.8. The van der Waals surface area contributed by atoms with E-state index >= 15 is 0 Å². The lowest BCUT2D eigenvalue weighted by Crippen LogP contribution is -2.28. The van der Waals surface area contributed by atoms with Gasteiger partial charge < -0.3 is 0 Å². The van der Waals surface area contributed by atoms with Crippen molar-refractivity contribution in [1.82, 2.24) is 24.3 Å². The molecule has 4 rings (SSSR count). The summed E-state index contributed by atoms with van der Waals surface area (Å²) in [5.74, 6) is 0.499. The first kappa shape index (κ1) is 18.8. The van der Waals surface area contributed by atoms with Gasteiger partial charge in [-0.3, -0.25) is 0 Å². The molecule has 0 bridgehead atoms. The zero-order valence-corrected chi connectivity index (χ0v) is 17.1. The van der Waals surface area contributed by atoms with Crippen LogP contribution >= 0.6 is 0 Å². The van der Waals surface area contributed by atoms with E-state index in [0.717, 1.165) is 24.1 Å². The van der Waals surface area contributed by atoms with Crippen molar-refractivity contribution in [2.75, 3.05) is 13.1 Å². The lowest BCUT2D eigenvalue weighted by molar-refractivity contribution is 0.476. The summed E-state index contributed by atoms with van der Waals surface area (Å²) in [6.45, 7) is 6.66. The van der Waals surface area contributed by atoms with Gasteiger partial charge in [0.25, 0.3) is 0 Å². The van der Waals surface area contributed by atoms with E-state index in [2.05, 4.69) is 15.3 Å². The van der Waals surface area contributed by atoms with Crippen molar-refractivity contribution in [2.45, 2.75) is 38.5 Å². The average Bonchev–Trinajstić information content (AvgIpc) is 3.31. The molecule has 3 aromatic rings. The van der Waals surface area contributed by atoms with Crippen LogP contribution in [0.25, 0.3) is 17.1 Å². The van der Waals surface area contributed by atoms with Crippen LogP contribution in [0.4, 0.5) is 0 Å². The van der Waals surface area contributed by atoms with Crippen molar-refractivity contribution in [3.05, 3.63) is 53.3 Å². The maximum absolute atomic E-state index is 13.0. The number of nitrogens with zero attached hydrogens (tertiary/aromatic N) is 5. The molecule has 0 aliphatic carbocycles. The fourth-order valence-corrected chi connectivity index (χ4v) is 5.47. The summed E-state index contributed by atoms with van der Waals surface area (Å²) in [6, 6.07) is 11.8. The largest absolute Gasteiger partial charge is 0.246 e. The van der Waals surface area contributed by atoms with Gasteiger partial charge in [-0.25, -0.2) is 13.1 Å². The third-order valence-electron chi connectivity index (χ3n) is 5.10. The molecule has 8 heteroatoms. The minimum atomic E-state index is -3.54. The molecule has 0 N–H and O–H groups in total. The second kappa shape index (κ2) is 7.10. The topological polar surface area (TPSA) is 81.0 Å². The second-order valence-corrected chi connectivity index (χ2v) is 9.04. The highest BCUT2D eigenvalue weighted by Crippen LogP contribution is 2.27. The van der Waals surface area contributed by atoms with Crippen molar-refractivity contribution >= 4 is 10.0 Å². The number of rotatable bonds is 4. The monoisotopic (exact) mass is 397 g/mol. The number of hydrogen-bond donors (Lipinski definition) is 0. The van der Waals surface area contributed by atoms with Crippen LogP contribution in [0.3, 0.4) is 0 Å². The molecule has 0 unspecified atom stereocenters. The van der Waals surface area contributed by atoms with Gasteiger partial charge in [0.15, 0.2) is 5.82 Å². The van der Waals surface area contributed by atoms with Gasteiger partial charge in [-0.15, -0.1) is 10.2 Å². The maximum Gasteiger partial charge on any atom is 0.246 e. The average molecular weight is 398 g/mol. The number of benzene rings is 1. The van der Waals surface area contributed by atoms with E-state index in [9.17, 15) is 8.42 Å². The highest BCUT2D eigenvalue weighted by atomic mass is 32.2. The van der Waals surface area contributed by atoms with Gasteiger partial charge >= 0.3 is 0 Å². The quantitative estimate of drug-likeness (QED) is 0.676. The second-order valence-electron chi connectivity index (χ2n) is 7.17. The SMILES string of the molecule is Cc1ccc(-c2ccc(-n3nc(C)c(S(=O)(=O)N4CCCC4)c3C)nn2)cc1. The third kappa shape index (κ3) is 3.22. The fourth-order valence-electron chi connectivity index (χ4n) is 3.60. The van der Waals surface area contributed by atoms with Crippen molar-refractivity contribution in [2.24, 2.45) is 0 Å². The Kier molecular flexibility index (Phi) is 4.76. The van der Waals surface area contributed by atoms with E-state index in [4.69, 9.17) is 0 Å². The summed E-state index contributed by atoms with van der Waals surface area (Å²) in [5, 5.41) is 13.0. The summed E-state index contributed by atoms with van der Waals surface area (Å²) in [4.78, 5) is 0.277. The lowest BCUT2D eigenvalue weighted by Gasteiger charge is -2.15. The normalized spacial score (nSPS) is 15.2. The summed E-state index contributed by atoms with van der Waals surface area (Å²) in [7, 11) is -3.54. The third-order valence-corrected chi connectivity index (χ3v) is 7.25. The smallest absolute Gasteiger partial charge is 0.216 e. The molecule has 0 amide bonds. The Labute approximate surface area is 165 Å². The lowest BCUT2D eigenvalue weighted by atomic mass is 10.1. The van der Waals surface area contributed by atoms with Crippen LogP contribution in [0.5, 0.6) is 0 Å². The van der Waals surface area contributed by atoms with Crippen LogP contribution in [0.2, 0.25) is 0 Å². The van der Waals surface area contributed by atoms with Crippen molar-refractivity contribution < 1.29 is 8.42 Å². The Bertz CT molecular complexity index is 1100. The molecule has 146 valence electrons. The van der Waals surface area contributed by atoms with Crippen LogP contribution in [-0.2, 0) is 10.0 Å². The summed E-state index contributed by atoms with van der Waals surface area (Å²) >= 11 is 0. The van der Waals surface area contributed by atoms with Crippen LogP contribution in [0.1, 0.15) is 29.8 Å². The van der Waals surface area contributed by atoms with E-state index in [-0.39, 0.29) is 4.90 Å². The molecule has 0 radical (unpaired) electrons. The van der Waals surface area contributed by atoms with Crippen LogP contribution in [-0.4, -0.2) is 45.8 Å².